The Balaban J connectivity index is 2.19. The van der Waals surface area contributed by atoms with Crippen LogP contribution in [0.1, 0.15) is 34.1 Å². The number of rotatable bonds is 1. The quantitative estimate of drug-likeness (QED) is 0.753. The maximum atomic E-state index is 12.2. The first-order chi connectivity index (χ1) is 9.52. The zero-order chi connectivity index (χ0) is 16.1. The van der Waals surface area contributed by atoms with Gasteiger partial charge in [0.15, 0.2) is 0 Å². The largest absolute Gasteiger partial charge is 0.444 e. The van der Waals surface area contributed by atoms with E-state index in [0.717, 1.165) is 0 Å². The Morgan fingerprint density at radius 3 is 2.57 bits per heavy atom. The summed E-state index contributed by atoms with van der Waals surface area (Å²) < 4.78 is 31.2. The molecular formula is C13H25N3O4S. The molecule has 2 saturated heterocycles. The summed E-state index contributed by atoms with van der Waals surface area (Å²) in [6.07, 6.45) is 0.146. The van der Waals surface area contributed by atoms with E-state index in [-0.39, 0.29) is 5.75 Å². The van der Waals surface area contributed by atoms with E-state index in [4.69, 9.17) is 10.5 Å². The van der Waals surface area contributed by atoms with Crippen molar-refractivity contribution in [3.63, 3.8) is 0 Å². The van der Waals surface area contributed by atoms with Crippen LogP contribution in [0.4, 0.5) is 4.79 Å². The average Bonchev–Trinajstić information content (AvgIpc) is 2.79. The van der Waals surface area contributed by atoms with Gasteiger partial charge >= 0.3 is 6.09 Å². The molecule has 2 atom stereocenters. The Kier molecular flexibility index (Phi) is 4.01. The summed E-state index contributed by atoms with van der Waals surface area (Å²) >= 11 is 0. The molecule has 2 unspecified atom stereocenters. The summed E-state index contributed by atoms with van der Waals surface area (Å²) in [6, 6.07) is -0.477. The third-order valence-electron chi connectivity index (χ3n) is 4.13. The first kappa shape index (κ1) is 16.5. The first-order valence-electron chi connectivity index (χ1n) is 7.26. The molecule has 0 saturated carbocycles. The van der Waals surface area contributed by atoms with Crippen molar-refractivity contribution < 1.29 is 17.9 Å². The van der Waals surface area contributed by atoms with Crippen LogP contribution in [0.3, 0.4) is 0 Å². The minimum Gasteiger partial charge on any atom is -0.444 e. The molecule has 0 aromatic rings. The molecule has 0 aromatic carbocycles. The maximum Gasteiger partial charge on any atom is 0.410 e. The number of carbonyl (C=O) groups excluding carboxylic acids is 1. The number of hydrogen-bond donors (Lipinski definition) is 1. The second-order valence-electron chi connectivity index (χ2n) is 6.81. The molecule has 8 heteroatoms. The number of nitrogens with two attached hydrogens (primary N) is 1. The van der Waals surface area contributed by atoms with Gasteiger partial charge in [0.25, 0.3) is 0 Å². The third kappa shape index (κ3) is 2.89. The highest BCUT2D eigenvalue weighted by molar-refractivity contribution is 7.89. The van der Waals surface area contributed by atoms with Crippen molar-refractivity contribution in [3.8, 4) is 0 Å². The van der Waals surface area contributed by atoms with Gasteiger partial charge in [-0.2, -0.15) is 4.31 Å². The van der Waals surface area contributed by atoms with Crippen LogP contribution in [0.25, 0.3) is 0 Å². The Hall–Kier alpha value is -0.860. The highest BCUT2D eigenvalue weighted by Crippen LogP contribution is 2.39. The molecule has 0 aromatic heterocycles. The van der Waals surface area contributed by atoms with Gasteiger partial charge in [0.1, 0.15) is 5.60 Å². The smallest absolute Gasteiger partial charge is 0.410 e. The number of carbonyl (C=O) groups is 1. The highest BCUT2D eigenvalue weighted by atomic mass is 32.2. The molecule has 122 valence electrons. The Bertz CT molecular complexity index is 528. The van der Waals surface area contributed by atoms with E-state index in [1.807, 2.05) is 0 Å². The van der Waals surface area contributed by atoms with E-state index in [0.29, 0.717) is 26.1 Å². The summed E-state index contributed by atoms with van der Waals surface area (Å²) in [5, 5.41) is 0. The van der Waals surface area contributed by atoms with Crippen LogP contribution in [0.15, 0.2) is 0 Å². The molecule has 2 rings (SSSR count). The van der Waals surface area contributed by atoms with Gasteiger partial charge in [0.05, 0.1) is 11.3 Å². The minimum atomic E-state index is -3.33. The molecule has 2 aliphatic heterocycles. The van der Waals surface area contributed by atoms with Gasteiger partial charge in [-0.25, -0.2) is 13.2 Å². The molecule has 2 aliphatic rings. The lowest BCUT2D eigenvalue weighted by Gasteiger charge is -2.35. The normalized spacial score (nSPS) is 32.8. The van der Waals surface area contributed by atoms with Crippen LogP contribution >= 0.6 is 0 Å². The zero-order valence-electron chi connectivity index (χ0n) is 13.1. The lowest BCUT2D eigenvalue weighted by molar-refractivity contribution is 0.0267. The molecule has 2 N–H and O–H groups in total. The second-order valence-corrected chi connectivity index (χ2v) is 8.74. The van der Waals surface area contributed by atoms with E-state index in [1.54, 1.807) is 32.6 Å². The van der Waals surface area contributed by atoms with Crippen LogP contribution in [0.2, 0.25) is 0 Å². The average molecular weight is 319 g/mol. The number of likely N-dealkylation sites (N-methyl/N-ethyl adjacent to an activating group) is 1. The van der Waals surface area contributed by atoms with E-state index in [9.17, 15) is 13.2 Å². The SMILES string of the molecule is CCN1C2(CCN(C(=O)OC(C)(C)C)C2)C(N)CS1(=O)=O. The Morgan fingerprint density at radius 2 is 2.05 bits per heavy atom. The molecule has 2 heterocycles. The van der Waals surface area contributed by atoms with Gasteiger partial charge in [-0.3, -0.25) is 0 Å². The number of likely N-dealkylation sites (tertiary alicyclic amines) is 1. The summed E-state index contributed by atoms with van der Waals surface area (Å²) in [5.74, 6) is -0.0526. The Labute approximate surface area is 126 Å². The van der Waals surface area contributed by atoms with Crippen LogP contribution in [0.5, 0.6) is 0 Å². The van der Waals surface area contributed by atoms with Crippen molar-refractivity contribution in [2.24, 2.45) is 5.73 Å². The van der Waals surface area contributed by atoms with E-state index in [1.165, 1.54) is 4.31 Å². The van der Waals surface area contributed by atoms with Crippen molar-refractivity contribution in [1.29, 1.82) is 0 Å². The van der Waals surface area contributed by atoms with Gasteiger partial charge < -0.3 is 15.4 Å². The molecule has 7 nitrogen and oxygen atoms in total. The first-order valence-corrected chi connectivity index (χ1v) is 8.87. The summed E-state index contributed by atoms with van der Waals surface area (Å²) in [6.45, 7) is 8.36. The predicted molar refractivity (Wildman–Crippen MR) is 79.3 cm³/mol. The van der Waals surface area contributed by atoms with Crippen LogP contribution in [0, 0.1) is 0 Å². The lowest BCUT2D eigenvalue weighted by Crippen LogP contribution is -2.56. The van der Waals surface area contributed by atoms with E-state index in [2.05, 4.69) is 0 Å². The standard InChI is InChI=1S/C13H25N3O4S/c1-5-16-13(10(14)8-21(16,18)19)6-7-15(9-13)11(17)20-12(2,3)4/h10H,5-9,14H2,1-4H3. The minimum absolute atomic E-state index is 0.0526. The lowest BCUT2D eigenvalue weighted by atomic mass is 9.90. The Morgan fingerprint density at radius 1 is 1.43 bits per heavy atom. The second kappa shape index (κ2) is 5.10. The van der Waals surface area contributed by atoms with Crippen LogP contribution in [-0.2, 0) is 14.8 Å². The van der Waals surface area contributed by atoms with Crippen molar-refractivity contribution in [2.45, 2.75) is 51.3 Å². The summed E-state index contributed by atoms with van der Waals surface area (Å²) in [5.41, 5.74) is 4.86. The van der Waals surface area contributed by atoms with Gasteiger partial charge in [-0.15, -0.1) is 0 Å². The van der Waals surface area contributed by atoms with Crippen molar-refractivity contribution >= 4 is 16.1 Å². The number of amides is 1. The summed E-state index contributed by atoms with van der Waals surface area (Å²) in [4.78, 5) is 13.7. The number of sulfonamides is 1. The van der Waals surface area contributed by atoms with Crippen LogP contribution in [-0.4, -0.2) is 66.3 Å². The summed E-state index contributed by atoms with van der Waals surface area (Å²) in [7, 11) is -3.33. The molecule has 1 spiro atoms. The van der Waals surface area contributed by atoms with Gasteiger partial charge in [0.2, 0.25) is 10.0 Å². The van der Waals surface area contributed by atoms with Crippen molar-refractivity contribution in [1.82, 2.24) is 9.21 Å². The molecule has 0 radical (unpaired) electrons. The number of nitrogens with zero attached hydrogens (tertiary/aromatic N) is 2. The van der Waals surface area contributed by atoms with Crippen molar-refractivity contribution in [3.05, 3.63) is 0 Å². The zero-order valence-corrected chi connectivity index (χ0v) is 13.9. The van der Waals surface area contributed by atoms with Gasteiger partial charge in [-0.05, 0) is 27.2 Å². The van der Waals surface area contributed by atoms with E-state index >= 15 is 0 Å². The van der Waals surface area contributed by atoms with Crippen LogP contribution < -0.4 is 5.73 Å². The molecule has 0 bridgehead atoms. The van der Waals surface area contributed by atoms with Gasteiger partial charge in [0, 0.05) is 25.7 Å². The molecule has 2 fully saturated rings. The fourth-order valence-electron chi connectivity index (χ4n) is 3.25. The molecule has 21 heavy (non-hydrogen) atoms. The fourth-order valence-corrected chi connectivity index (χ4v) is 5.43. The highest BCUT2D eigenvalue weighted by Gasteiger charge is 2.58. The van der Waals surface area contributed by atoms with E-state index < -0.39 is 33.3 Å². The third-order valence-corrected chi connectivity index (χ3v) is 6.20. The predicted octanol–water partition coefficient (Wildman–Crippen LogP) is 0.359. The fraction of sp³-hybridized carbons (Fsp3) is 0.923. The van der Waals surface area contributed by atoms with Crippen molar-refractivity contribution in [2.75, 3.05) is 25.4 Å². The number of ether oxygens (including phenoxy) is 1. The maximum absolute atomic E-state index is 12.2. The monoisotopic (exact) mass is 319 g/mol. The van der Waals surface area contributed by atoms with Gasteiger partial charge in [-0.1, -0.05) is 6.92 Å². The molecule has 0 aliphatic carbocycles. The number of hydrogen-bond acceptors (Lipinski definition) is 5. The topological polar surface area (TPSA) is 92.9 Å². The molecular weight excluding hydrogens is 294 g/mol. The molecule has 1 amide bonds.